The average Bonchev–Trinajstić information content (AvgIpc) is 2.96. The minimum atomic E-state index is -1.09. The van der Waals surface area contributed by atoms with Gasteiger partial charge < -0.3 is 32.3 Å². The summed E-state index contributed by atoms with van der Waals surface area (Å²) in [5.41, 5.74) is 7.47. The Balaban J connectivity index is 1.47. The molecule has 2 aromatic rings. The van der Waals surface area contributed by atoms with Crippen LogP contribution in [0.2, 0.25) is 0 Å². The number of hydrogen-bond acceptors (Lipinski definition) is 5. The molecule has 0 saturated heterocycles. The Morgan fingerprint density at radius 2 is 1.60 bits per heavy atom. The monoisotopic (exact) mass is 578 g/mol. The SMILES string of the molecule is CCCC[C@H](NC(=O)CNC(=O)Cc1ccc(NC(=O)Nc2ccccc2C)cc1)C(=O)NC1(C(N)=O)CCCCC1. The number of carbonyl (C=O) groups is 5. The molecule has 0 unspecified atom stereocenters. The molecule has 226 valence electrons. The predicted octanol–water partition coefficient (Wildman–Crippen LogP) is 3.28. The van der Waals surface area contributed by atoms with Crippen molar-refractivity contribution in [3.05, 3.63) is 59.7 Å². The molecule has 2 aromatic carbocycles. The van der Waals surface area contributed by atoms with E-state index < -0.39 is 29.3 Å². The maximum atomic E-state index is 13.1. The van der Waals surface area contributed by atoms with E-state index in [1.165, 1.54) is 0 Å². The first kappa shape index (κ1) is 32.1. The lowest BCUT2D eigenvalue weighted by atomic mass is 9.80. The summed E-state index contributed by atoms with van der Waals surface area (Å²) in [6, 6.07) is 13.0. The van der Waals surface area contributed by atoms with Crippen LogP contribution in [-0.4, -0.2) is 47.8 Å². The quantitative estimate of drug-likeness (QED) is 0.214. The minimum absolute atomic E-state index is 0.0316. The van der Waals surface area contributed by atoms with Crippen molar-refractivity contribution in [2.75, 3.05) is 17.2 Å². The Bertz CT molecular complexity index is 1260. The summed E-state index contributed by atoms with van der Waals surface area (Å²) in [6.45, 7) is 3.58. The van der Waals surface area contributed by atoms with Crippen molar-refractivity contribution in [3.63, 3.8) is 0 Å². The molecule has 1 saturated carbocycles. The maximum Gasteiger partial charge on any atom is 0.323 e. The average molecular weight is 579 g/mol. The molecule has 3 rings (SSSR count). The number of benzene rings is 2. The number of nitrogens with one attached hydrogen (secondary N) is 5. The van der Waals surface area contributed by atoms with Crippen LogP contribution in [0.1, 0.15) is 69.4 Å². The Labute approximate surface area is 246 Å². The number of rotatable bonds is 13. The number of unbranched alkanes of at least 4 members (excludes halogenated alkanes) is 1. The van der Waals surface area contributed by atoms with Crippen molar-refractivity contribution in [2.24, 2.45) is 5.73 Å². The number of hydrogen-bond donors (Lipinski definition) is 6. The van der Waals surface area contributed by atoms with Gasteiger partial charge in [-0.15, -0.1) is 0 Å². The van der Waals surface area contributed by atoms with E-state index in [0.29, 0.717) is 42.6 Å². The van der Waals surface area contributed by atoms with E-state index in [1.54, 1.807) is 24.3 Å². The highest BCUT2D eigenvalue weighted by molar-refractivity contribution is 6.00. The predicted molar refractivity (Wildman–Crippen MR) is 162 cm³/mol. The van der Waals surface area contributed by atoms with Crippen LogP contribution < -0.4 is 32.3 Å². The molecule has 0 spiro atoms. The first-order chi connectivity index (χ1) is 20.1. The van der Waals surface area contributed by atoms with Gasteiger partial charge in [0.25, 0.3) is 0 Å². The van der Waals surface area contributed by atoms with Gasteiger partial charge in [0.15, 0.2) is 0 Å². The summed E-state index contributed by atoms with van der Waals surface area (Å²) in [5.74, 6) is -1.87. The molecule has 0 aliphatic heterocycles. The largest absolute Gasteiger partial charge is 0.368 e. The molecular formula is C31H42N6O5. The molecule has 7 N–H and O–H groups in total. The van der Waals surface area contributed by atoms with Crippen LogP contribution in [0.5, 0.6) is 0 Å². The molecule has 6 amide bonds. The van der Waals surface area contributed by atoms with E-state index in [9.17, 15) is 24.0 Å². The van der Waals surface area contributed by atoms with Gasteiger partial charge in [-0.1, -0.05) is 69.4 Å². The van der Waals surface area contributed by atoms with Crippen LogP contribution >= 0.6 is 0 Å². The topological polar surface area (TPSA) is 172 Å². The molecule has 1 atom stereocenters. The molecule has 0 radical (unpaired) electrons. The number of aryl methyl sites for hydroxylation is 1. The fourth-order valence-electron chi connectivity index (χ4n) is 4.96. The maximum absolute atomic E-state index is 13.1. The standard InChI is InChI=1S/C31H42N6O5/c1-3-4-11-25(28(40)37-31(29(32)41)17-8-5-9-18-31)35-27(39)20-33-26(38)19-22-13-15-23(16-14-22)34-30(42)36-24-12-7-6-10-21(24)2/h6-7,10,12-16,25H,3-5,8-9,11,17-20H2,1-2H3,(H2,32,41)(H,33,38)(H,35,39)(H,37,40)(H2,34,36,42)/t25-/m0/s1. The molecule has 42 heavy (non-hydrogen) atoms. The fourth-order valence-corrected chi connectivity index (χ4v) is 4.96. The van der Waals surface area contributed by atoms with Crippen molar-refractivity contribution in [3.8, 4) is 0 Å². The summed E-state index contributed by atoms with van der Waals surface area (Å²) >= 11 is 0. The zero-order chi connectivity index (χ0) is 30.5. The first-order valence-electron chi connectivity index (χ1n) is 14.5. The summed E-state index contributed by atoms with van der Waals surface area (Å²) in [6.07, 6.45) is 5.49. The molecule has 0 heterocycles. The Kier molecular flexibility index (Phi) is 11.9. The number of carbonyl (C=O) groups excluding carboxylic acids is 5. The summed E-state index contributed by atoms with van der Waals surface area (Å²) in [5, 5.41) is 13.7. The van der Waals surface area contributed by atoms with E-state index >= 15 is 0 Å². The number of primary amides is 1. The first-order valence-corrected chi connectivity index (χ1v) is 14.5. The Morgan fingerprint density at radius 1 is 0.905 bits per heavy atom. The Hall–Kier alpha value is -4.41. The van der Waals surface area contributed by atoms with Gasteiger partial charge in [0.2, 0.25) is 23.6 Å². The van der Waals surface area contributed by atoms with Gasteiger partial charge in [-0.2, -0.15) is 0 Å². The lowest BCUT2D eigenvalue weighted by molar-refractivity contribution is -0.135. The van der Waals surface area contributed by atoms with Gasteiger partial charge in [0.1, 0.15) is 11.6 Å². The van der Waals surface area contributed by atoms with Gasteiger partial charge in [-0.05, 0) is 55.5 Å². The van der Waals surface area contributed by atoms with Gasteiger partial charge in [0.05, 0.1) is 13.0 Å². The molecule has 11 nitrogen and oxygen atoms in total. The van der Waals surface area contributed by atoms with Gasteiger partial charge in [-0.25, -0.2) is 4.79 Å². The number of nitrogens with two attached hydrogens (primary N) is 1. The van der Waals surface area contributed by atoms with Gasteiger partial charge in [0, 0.05) is 11.4 Å². The second-order valence-corrected chi connectivity index (χ2v) is 10.8. The van der Waals surface area contributed by atoms with E-state index in [1.807, 2.05) is 38.1 Å². The smallest absolute Gasteiger partial charge is 0.323 e. The van der Waals surface area contributed by atoms with E-state index in [0.717, 1.165) is 31.2 Å². The number of para-hydroxylation sites is 1. The molecule has 1 aliphatic rings. The van der Waals surface area contributed by atoms with Crippen molar-refractivity contribution in [2.45, 2.75) is 83.2 Å². The van der Waals surface area contributed by atoms with Crippen molar-refractivity contribution in [1.29, 1.82) is 0 Å². The highest BCUT2D eigenvalue weighted by atomic mass is 16.2. The van der Waals surface area contributed by atoms with E-state index in [-0.39, 0.29) is 24.9 Å². The second kappa shape index (κ2) is 15.6. The van der Waals surface area contributed by atoms with Crippen LogP contribution in [0.25, 0.3) is 0 Å². The highest BCUT2D eigenvalue weighted by Crippen LogP contribution is 2.28. The van der Waals surface area contributed by atoms with Crippen LogP contribution in [0.3, 0.4) is 0 Å². The summed E-state index contributed by atoms with van der Waals surface area (Å²) in [7, 11) is 0. The third kappa shape index (κ3) is 9.60. The van der Waals surface area contributed by atoms with Crippen LogP contribution in [0.15, 0.2) is 48.5 Å². The van der Waals surface area contributed by atoms with Crippen LogP contribution in [-0.2, 0) is 25.6 Å². The summed E-state index contributed by atoms with van der Waals surface area (Å²) in [4.78, 5) is 62.7. The zero-order valence-corrected chi connectivity index (χ0v) is 24.4. The molecule has 1 fully saturated rings. The third-order valence-corrected chi connectivity index (χ3v) is 7.46. The number of urea groups is 1. The van der Waals surface area contributed by atoms with Crippen molar-refractivity contribution < 1.29 is 24.0 Å². The minimum Gasteiger partial charge on any atom is -0.368 e. The molecule has 0 aromatic heterocycles. The van der Waals surface area contributed by atoms with Crippen molar-refractivity contribution in [1.82, 2.24) is 16.0 Å². The second-order valence-electron chi connectivity index (χ2n) is 10.8. The lowest BCUT2D eigenvalue weighted by Gasteiger charge is -2.36. The summed E-state index contributed by atoms with van der Waals surface area (Å²) < 4.78 is 0. The molecule has 1 aliphatic carbocycles. The van der Waals surface area contributed by atoms with Crippen molar-refractivity contribution >= 4 is 41.0 Å². The van der Waals surface area contributed by atoms with E-state index in [4.69, 9.17) is 5.73 Å². The van der Waals surface area contributed by atoms with Crippen LogP contribution in [0, 0.1) is 6.92 Å². The van der Waals surface area contributed by atoms with Crippen LogP contribution in [0.4, 0.5) is 16.2 Å². The fraction of sp³-hybridized carbons (Fsp3) is 0.452. The van der Waals surface area contributed by atoms with Gasteiger partial charge in [-0.3, -0.25) is 19.2 Å². The molecule has 0 bridgehead atoms. The van der Waals surface area contributed by atoms with Gasteiger partial charge >= 0.3 is 6.03 Å². The molecular weight excluding hydrogens is 536 g/mol. The number of amides is 6. The lowest BCUT2D eigenvalue weighted by Crippen LogP contribution is -2.62. The Morgan fingerprint density at radius 3 is 2.24 bits per heavy atom. The highest BCUT2D eigenvalue weighted by Gasteiger charge is 2.40. The molecule has 11 heteroatoms. The third-order valence-electron chi connectivity index (χ3n) is 7.46. The number of anilines is 2. The zero-order valence-electron chi connectivity index (χ0n) is 24.4. The normalized spacial score (nSPS) is 14.6. The van der Waals surface area contributed by atoms with E-state index in [2.05, 4.69) is 26.6 Å².